The second kappa shape index (κ2) is 9.31. The molecule has 0 unspecified atom stereocenters. The number of aromatic nitrogens is 4. The lowest BCUT2D eigenvalue weighted by molar-refractivity contribution is 0.0528. The molecule has 1 aliphatic heterocycles. The van der Waals surface area contributed by atoms with Crippen LogP contribution in [-0.4, -0.2) is 67.5 Å². The Balaban J connectivity index is 1.37. The van der Waals surface area contributed by atoms with Crippen molar-refractivity contribution in [3.63, 3.8) is 0 Å². The second-order valence-electron chi connectivity index (χ2n) is 8.40. The smallest absolute Gasteiger partial charge is 0.274 e. The molecule has 0 spiro atoms. The summed E-state index contributed by atoms with van der Waals surface area (Å²) in [5.41, 5.74) is 3.95. The Morgan fingerprint density at radius 2 is 1.55 bits per heavy atom. The fourth-order valence-electron chi connectivity index (χ4n) is 4.58. The van der Waals surface area contributed by atoms with Gasteiger partial charge < -0.3 is 9.80 Å². The molecule has 3 aromatic rings. The largest absolute Gasteiger partial charge is 0.334 e. The number of rotatable bonds is 3. The van der Waals surface area contributed by atoms with E-state index < -0.39 is 0 Å². The molecule has 5 rings (SSSR count). The van der Waals surface area contributed by atoms with E-state index in [0.717, 1.165) is 49.0 Å². The van der Waals surface area contributed by atoms with Crippen LogP contribution in [0.4, 0.5) is 0 Å². The molecule has 1 aromatic carbocycles. The summed E-state index contributed by atoms with van der Waals surface area (Å²) in [6, 6.07) is 7.56. The minimum absolute atomic E-state index is 0.0625. The van der Waals surface area contributed by atoms with Crippen molar-refractivity contribution in [2.45, 2.75) is 32.1 Å². The van der Waals surface area contributed by atoms with E-state index >= 15 is 0 Å². The normalized spacial score (nSPS) is 16.3. The first kappa shape index (κ1) is 21.6. The zero-order chi connectivity index (χ0) is 22.8. The number of piperazine rings is 1. The molecule has 0 radical (unpaired) electrons. The average Bonchev–Trinajstić information content (AvgIpc) is 3.05. The summed E-state index contributed by atoms with van der Waals surface area (Å²) in [4.78, 5) is 37.8. The lowest BCUT2D eigenvalue weighted by Gasteiger charge is -2.34. The van der Waals surface area contributed by atoms with Gasteiger partial charge >= 0.3 is 0 Å². The number of amides is 2. The van der Waals surface area contributed by atoms with Gasteiger partial charge in [-0.25, -0.2) is 9.67 Å². The number of fused-ring (bicyclic) bond motifs is 1. The predicted molar refractivity (Wildman–Crippen MR) is 124 cm³/mol. The highest BCUT2D eigenvalue weighted by Gasteiger charge is 2.31. The molecule has 3 heterocycles. The van der Waals surface area contributed by atoms with Crippen LogP contribution in [-0.2, 0) is 12.8 Å². The number of benzene rings is 1. The molecule has 0 N–H and O–H groups in total. The van der Waals surface area contributed by atoms with Crippen molar-refractivity contribution in [2.24, 2.45) is 0 Å². The van der Waals surface area contributed by atoms with Crippen LogP contribution in [0.3, 0.4) is 0 Å². The topological polar surface area (TPSA) is 84.2 Å². The van der Waals surface area contributed by atoms with Crippen molar-refractivity contribution >= 4 is 23.4 Å². The average molecular weight is 465 g/mol. The van der Waals surface area contributed by atoms with E-state index in [1.165, 1.54) is 12.4 Å². The van der Waals surface area contributed by atoms with E-state index in [0.29, 0.717) is 42.6 Å². The third-order valence-electron chi connectivity index (χ3n) is 6.34. The van der Waals surface area contributed by atoms with Crippen molar-refractivity contribution < 1.29 is 9.59 Å². The Hall–Kier alpha value is -3.26. The van der Waals surface area contributed by atoms with E-state index in [9.17, 15) is 9.59 Å². The molecule has 170 valence electrons. The van der Waals surface area contributed by atoms with Gasteiger partial charge in [-0.2, -0.15) is 5.10 Å². The molecular formula is C24H25ClN6O2. The van der Waals surface area contributed by atoms with Crippen molar-refractivity contribution in [3.05, 3.63) is 70.5 Å². The van der Waals surface area contributed by atoms with Gasteiger partial charge in [0.25, 0.3) is 11.8 Å². The zero-order valence-electron chi connectivity index (χ0n) is 18.3. The van der Waals surface area contributed by atoms with Crippen LogP contribution in [0.15, 0.2) is 42.9 Å². The van der Waals surface area contributed by atoms with Crippen LogP contribution in [0, 0.1) is 0 Å². The van der Waals surface area contributed by atoms with Crippen LogP contribution >= 0.6 is 11.6 Å². The Bertz CT molecular complexity index is 1150. The van der Waals surface area contributed by atoms with Crippen molar-refractivity contribution in [2.75, 3.05) is 26.2 Å². The van der Waals surface area contributed by atoms with Gasteiger partial charge in [0.1, 0.15) is 5.69 Å². The first-order valence-corrected chi connectivity index (χ1v) is 11.7. The third kappa shape index (κ3) is 4.35. The van der Waals surface area contributed by atoms with Crippen LogP contribution < -0.4 is 0 Å². The molecule has 0 bridgehead atoms. The summed E-state index contributed by atoms with van der Waals surface area (Å²) in [5.74, 6) is -0.219. The molecule has 2 amide bonds. The Labute approximate surface area is 197 Å². The number of nitrogens with zero attached hydrogens (tertiary/aromatic N) is 6. The van der Waals surface area contributed by atoms with E-state index in [1.807, 2.05) is 28.9 Å². The van der Waals surface area contributed by atoms with Gasteiger partial charge in [-0.3, -0.25) is 14.6 Å². The van der Waals surface area contributed by atoms with Crippen LogP contribution in [0.2, 0.25) is 5.02 Å². The van der Waals surface area contributed by atoms with E-state index in [1.54, 1.807) is 16.0 Å². The van der Waals surface area contributed by atoms with Gasteiger partial charge in [0, 0.05) is 54.9 Å². The fraction of sp³-hybridized carbons (Fsp3) is 0.375. The van der Waals surface area contributed by atoms with Crippen molar-refractivity contribution in [3.8, 4) is 5.69 Å². The Morgan fingerprint density at radius 1 is 0.848 bits per heavy atom. The Morgan fingerprint density at radius 3 is 2.24 bits per heavy atom. The number of hydrogen-bond acceptors (Lipinski definition) is 5. The summed E-state index contributed by atoms with van der Waals surface area (Å²) in [6.45, 7) is 1.85. The molecule has 8 nitrogen and oxygen atoms in total. The quantitative estimate of drug-likeness (QED) is 0.556. The number of hydrogen-bond donors (Lipinski definition) is 0. The van der Waals surface area contributed by atoms with Gasteiger partial charge in [0.2, 0.25) is 0 Å². The highest BCUT2D eigenvalue weighted by Crippen LogP contribution is 2.28. The van der Waals surface area contributed by atoms with E-state index in [-0.39, 0.29) is 11.8 Å². The van der Waals surface area contributed by atoms with Gasteiger partial charge in [0.15, 0.2) is 5.69 Å². The molecule has 2 aromatic heterocycles. The minimum atomic E-state index is -0.156. The number of carbonyl (C=O) groups excluding carboxylic acids is 2. The summed E-state index contributed by atoms with van der Waals surface area (Å²) in [6.07, 6.45) is 9.57. The maximum absolute atomic E-state index is 13.5. The van der Waals surface area contributed by atoms with Gasteiger partial charge in [-0.15, -0.1) is 0 Å². The van der Waals surface area contributed by atoms with Crippen LogP contribution in [0.5, 0.6) is 0 Å². The monoisotopic (exact) mass is 464 g/mol. The zero-order valence-corrected chi connectivity index (χ0v) is 19.0. The van der Waals surface area contributed by atoms with Gasteiger partial charge in [0.05, 0.1) is 11.9 Å². The standard InChI is InChI=1S/C24H25ClN6O2/c25-17-6-8-18(9-7-17)31-21-5-3-1-2-4-19(21)22(28-31)24(33)30-14-12-29(13-15-30)23(32)20-16-26-10-11-27-20/h6-11,16H,1-5,12-15H2. The molecular weight excluding hydrogens is 440 g/mol. The number of halogens is 1. The molecule has 2 aliphatic rings. The lowest BCUT2D eigenvalue weighted by Crippen LogP contribution is -2.51. The molecule has 1 fully saturated rings. The molecule has 1 saturated heterocycles. The van der Waals surface area contributed by atoms with E-state index in [4.69, 9.17) is 16.7 Å². The third-order valence-corrected chi connectivity index (χ3v) is 6.59. The van der Waals surface area contributed by atoms with Crippen molar-refractivity contribution in [1.82, 2.24) is 29.5 Å². The molecule has 0 saturated carbocycles. The SMILES string of the molecule is O=C(c1cnccn1)N1CCN(C(=O)c2nn(-c3ccc(Cl)cc3)c3c2CCCCC3)CC1. The first-order chi connectivity index (χ1) is 16.1. The summed E-state index contributed by atoms with van der Waals surface area (Å²) in [7, 11) is 0. The Kier molecular flexibility index (Phi) is 6.09. The van der Waals surface area contributed by atoms with Crippen molar-refractivity contribution in [1.29, 1.82) is 0 Å². The maximum Gasteiger partial charge on any atom is 0.274 e. The highest BCUT2D eigenvalue weighted by atomic mass is 35.5. The van der Waals surface area contributed by atoms with Gasteiger partial charge in [-0.05, 0) is 49.9 Å². The number of carbonyl (C=O) groups is 2. The molecule has 1 aliphatic carbocycles. The van der Waals surface area contributed by atoms with Crippen LogP contribution in [0.1, 0.15) is 51.5 Å². The minimum Gasteiger partial charge on any atom is -0.334 e. The van der Waals surface area contributed by atoms with Crippen LogP contribution in [0.25, 0.3) is 5.69 Å². The second-order valence-corrected chi connectivity index (χ2v) is 8.83. The summed E-state index contributed by atoms with van der Waals surface area (Å²) in [5, 5.41) is 5.46. The highest BCUT2D eigenvalue weighted by molar-refractivity contribution is 6.30. The summed E-state index contributed by atoms with van der Waals surface area (Å²) < 4.78 is 1.91. The lowest BCUT2D eigenvalue weighted by atomic mass is 10.1. The van der Waals surface area contributed by atoms with Gasteiger partial charge in [-0.1, -0.05) is 18.0 Å². The fourth-order valence-corrected chi connectivity index (χ4v) is 4.70. The maximum atomic E-state index is 13.5. The van der Waals surface area contributed by atoms with E-state index in [2.05, 4.69) is 9.97 Å². The molecule has 0 atom stereocenters. The molecule has 9 heteroatoms. The molecule has 33 heavy (non-hydrogen) atoms. The predicted octanol–water partition coefficient (Wildman–Crippen LogP) is 3.18. The first-order valence-electron chi connectivity index (χ1n) is 11.3. The summed E-state index contributed by atoms with van der Waals surface area (Å²) >= 11 is 6.07.